The first-order chi connectivity index (χ1) is 11.6. The first-order valence-electron chi connectivity index (χ1n) is 8.03. The number of nitrogens with one attached hydrogen (secondary N) is 2. The maximum absolute atomic E-state index is 12.2. The van der Waals surface area contributed by atoms with Crippen molar-refractivity contribution in [3.63, 3.8) is 0 Å². The molecule has 0 saturated carbocycles. The zero-order valence-electron chi connectivity index (χ0n) is 13.8. The average Bonchev–Trinajstić information content (AvgIpc) is 2.61. The summed E-state index contributed by atoms with van der Waals surface area (Å²) in [5.41, 5.74) is 0.409. The number of carbonyl (C=O) groups is 2. The molecule has 8 heteroatoms. The molecule has 0 atom stereocenters. The number of piperidine rings is 1. The van der Waals surface area contributed by atoms with Gasteiger partial charge < -0.3 is 20.3 Å². The Morgan fingerprint density at radius 3 is 2.62 bits per heavy atom. The molecule has 2 amide bonds. The number of ether oxygens (including phenoxy) is 1. The molecule has 0 radical (unpaired) electrons. The van der Waals surface area contributed by atoms with Gasteiger partial charge >= 0.3 is 6.09 Å². The molecule has 2 N–H and O–H groups in total. The Labute approximate surface area is 141 Å². The van der Waals surface area contributed by atoms with Crippen LogP contribution in [0.25, 0.3) is 0 Å². The van der Waals surface area contributed by atoms with E-state index in [4.69, 9.17) is 4.74 Å². The summed E-state index contributed by atoms with van der Waals surface area (Å²) in [6.45, 7) is 7.46. The number of carbonyl (C=O) groups excluding carboxylic acids is 2. The van der Waals surface area contributed by atoms with Crippen molar-refractivity contribution in [1.82, 2.24) is 20.2 Å². The molecule has 0 bridgehead atoms. The fourth-order valence-electron chi connectivity index (χ4n) is 2.39. The van der Waals surface area contributed by atoms with Crippen molar-refractivity contribution in [2.45, 2.75) is 25.8 Å². The molecule has 2 rings (SSSR count). The van der Waals surface area contributed by atoms with Crippen LogP contribution in [-0.2, 0) is 4.74 Å². The van der Waals surface area contributed by atoms with Crippen molar-refractivity contribution >= 4 is 17.9 Å². The van der Waals surface area contributed by atoms with Gasteiger partial charge in [-0.25, -0.2) is 14.8 Å². The van der Waals surface area contributed by atoms with Crippen molar-refractivity contribution in [3.8, 4) is 0 Å². The van der Waals surface area contributed by atoms with Crippen molar-refractivity contribution < 1.29 is 14.3 Å². The summed E-state index contributed by atoms with van der Waals surface area (Å²) in [5.74, 6) is 0.244. The average molecular weight is 333 g/mol. The van der Waals surface area contributed by atoms with E-state index in [1.165, 1.54) is 12.4 Å². The van der Waals surface area contributed by atoms with Crippen LogP contribution in [-0.4, -0.2) is 59.2 Å². The molecule has 1 aliphatic heterocycles. The van der Waals surface area contributed by atoms with Crippen LogP contribution in [0.15, 0.2) is 25.0 Å². The highest BCUT2D eigenvalue weighted by Gasteiger charge is 2.24. The smallest absolute Gasteiger partial charge is 0.409 e. The Morgan fingerprint density at radius 1 is 1.38 bits per heavy atom. The van der Waals surface area contributed by atoms with Gasteiger partial charge in [0.05, 0.1) is 12.2 Å². The summed E-state index contributed by atoms with van der Waals surface area (Å²) in [6, 6.07) is 0.0294. The lowest BCUT2D eigenvalue weighted by atomic mass is 10.1. The second-order valence-electron chi connectivity index (χ2n) is 5.40. The quantitative estimate of drug-likeness (QED) is 0.765. The lowest BCUT2D eigenvalue weighted by Gasteiger charge is -2.31. The molecule has 8 nitrogen and oxygen atoms in total. The maximum atomic E-state index is 12.2. The predicted molar refractivity (Wildman–Crippen MR) is 89.8 cm³/mol. The van der Waals surface area contributed by atoms with E-state index in [2.05, 4.69) is 27.2 Å². The van der Waals surface area contributed by atoms with E-state index >= 15 is 0 Å². The fraction of sp³-hybridized carbons (Fsp3) is 0.500. The third-order valence-electron chi connectivity index (χ3n) is 3.67. The molecule has 1 aromatic rings. The minimum absolute atomic E-state index is 0.0294. The topological polar surface area (TPSA) is 96.5 Å². The summed E-state index contributed by atoms with van der Waals surface area (Å²) in [4.78, 5) is 33.7. The van der Waals surface area contributed by atoms with Gasteiger partial charge in [-0.1, -0.05) is 6.08 Å². The van der Waals surface area contributed by atoms with Gasteiger partial charge in [0.1, 0.15) is 0 Å². The monoisotopic (exact) mass is 333 g/mol. The normalized spacial score (nSPS) is 14.8. The standard InChI is InChI=1S/C16H23N5O3/c1-3-7-17-15-18-10-12(11-19-15)14(22)20-13-5-8-21(9-6-13)16(23)24-4-2/h3,10-11,13H,1,4-9H2,2H3,(H,20,22)(H,17,18,19). The zero-order chi connectivity index (χ0) is 17.4. The minimum atomic E-state index is -0.293. The first kappa shape index (κ1) is 17.7. The SMILES string of the molecule is C=CCNc1ncc(C(=O)NC2CCN(C(=O)OCC)CC2)cn1. The van der Waals surface area contributed by atoms with Crippen LogP contribution in [0.4, 0.5) is 10.7 Å². The molecule has 0 aliphatic carbocycles. The summed E-state index contributed by atoms with van der Waals surface area (Å²) in [5, 5.41) is 5.90. The Balaban J connectivity index is 1.80. The predicted octanol–water partition coefficient (Wildman–Crippen LogP) is 1.43. The van der Waals surface area contributed by atoms with E-state index < -0.39 is 0 Å². The molecule has 0 spiro atoms. The van der Waals surface area contributed by atoms with Gasteiger partial charge in [0.15, 0.2) is 0 Å². The number of anilines is 1. The van der Waals surface area contributed by atoms with Gasteiger partial charge in [0.25, 0.3) is 5.91 Å². The van der Waals surface area contributed by atoms with E-state index in [-0.39, 0.29) is 18.0 Å². The molecule has 1 aliphatic rings. The number of amides is 2. The van der Waals surface area contributed by atoms with E-state index in [1.807, 2.05) is 0 Å². The third-order valence-corrected chi connectivity index (χ3v) is 3.67. The third kappa shape index (κ3) is 4.94. The Bertz CT molecular complexity index is 568. The van der Waals surface area contributed by atoms with Crippen LogP contribution in [0.2, 0.25) is 0 Å². The van der Waals surface area contributed by atoms with Gasteiger partial charge in [-0.3, -0.25) is 4.79 Å². The lowest BCUT2D eigenvalue weighted by molar-refractivity contribution is 0.0859. The molecule has 2 heterocycles. The number of hydrogen-bond acceptors (Lipinski definition) is 6. The zero-order valence-corrected chi connectivity index (χ0v) is 13.8. The van der Waals surface area contributed by atoms with Gasteiger partial charge in [-0.2, -0.15) is 0 Å². The second-order valence-corrected chi connectivity index (χ2v) is 5.40. The molecule has 1 aromatic heterocycles. The highest BCUT2D eigenvalue weighted by Crippen LogP contribution is 2.12. The van der Waals surface area contributed by atoms with E-state index in [0.29, 0.717) is 50.6 Å². The number of rotatable bonds is 6. The Morgan fingerprint density at radius 2 is 2.04 bits per heavy atom. The summed E-state index contributed by atoms with van der Waals surface area (Å²) in [6.07, 6.45) is 5.78. The lowest BCUT2D eigenvalue weighted by Crippen LogP contribution is -2.46. The van der Waals surface area contributed by atoms with Crippen molar-refractivity contribution in [3.05, 3.63) is 30.6 Å². The van der Waals surface area contributed by atoms with Crippen molar-refractivity contribution in [1.29, 1.82) is 0 Å². The van der Waals surface area contributed by atoms with Crippen molar-refractivity contribution in [2.75, 3.05) is 31.6 Å². The molecule has 1 saturated heterocycles. The Hall–Kier alpha value is -2.64. The number of hydrogen-bond donors (Lipinski definition) is 2. The molecule has 130 valence electrons. The van der Waals surface area contributed by atoms with Crippen LogP contribution in [0.1, 0.15) is 30.1 Å². The number of nitrogens with zero attached hydrogens (tertiary/aromatic N) is 3. The van der Waals surface area contributed by atoms with Crippen LogP contribution in [0.3, 0.4) is 0 Å². The largest absolute Gasteiger partial charge is 0.450 e. The highest BCUT2D eigenvalue weighted by atomic mass is 16.6. The van der Waals surface area contributed by atoms with E-state index in [9.17, 15) is 9.59 Å². The minimum Gasteiger partial charge on any atom is -0.450 e. The van der Waals surface area contributed by atoms with Gasteiger partial charge in [-0.15, -0.1) is 6.58 Å². The van der Waals surface area contributed by atoms with Crippen LogP contribution in [0.5, 0.6) is 0 Å². The van der Waals surface area contributed by atoms with E-state index in [1.54, 1.807) is 17.9 Å². The highest BCUT2D eigenvalue weighted by molar-refractivity contribution is 5.93. The number of likely N-dealkylation sites (tertiary alicyclic amines) is 1. The van der Waals surface area contributed by atoms with Crippen LogP contribution >= 0.6 is 0 Å². The Kier molecular flexibility index (Phi) is 6.53. The molecule has 0 aromatic carbocycles. The van der Waals surface area contributed by atoms with Crippen molar-refractivity contribution in [2.24, 2.45) is 0 Å². The molecule has 24 heavy (non-hydrogen) atoms. The second kappa shape index (κ2) is 8.85. The molecule has 0 unspecified atom stereocenters. The number of aromatic nitrogens is 2. The van der Waals surface area contributed by atoms with Crippen LogP contribution in [0, 0.1) is 0 Å². The fourth-order valence-corrected chi connectivity index (χ4v) is 2.39. The first-order valence-corrected chi connectivity index (χ1v) is 8.03. The molecular formula is C16H23N5O3. The van der Waals surface area contributed by atoms with E-state index in [0.717, 1.165) is 0 Å². The summed E-state index contributed by atoms with van der Waals surface area (Å²) in [7, 11) is 0. The van der Waals surface area contributed by atoms with Crippen LogP contribution < -0.4 is 10.6 Å². The van der Waals surface area contributed by atoms with Gasteiger partial charge in [0, 0.05) is 38.1 Å². The summed E-state index contributed by atoms with van der Waals surface area (Å²) < 4.78 is 4.98. The van der Waals surface area contributed by atoms with Gasteiger partial charge in [-0.05, 0) is 19.8 Å². The molecular weight excluding hydrogens is 310 g/mol. The molecule has 1 fully saturated rings. The van der Waals surface area contributed by atoms with Gasteiger partial charge in [0.2, 0.25) is 5.95 Å². The maximum Gasteiger partial charge on any atom is 0.409 e. The summed E-state index contributed by atoms with van der Waals surface area (Å²) >= 11 is 0.